The molecule has 0 heterocycles. The third-order valence-corrected chi connectivity index (χ3v) is 2.13. The van der Waals surface area contributed by atoms with Gasteiger partial charge in [-0.2, -0.15) is 0 Å². The molecular formula is C6H5NaO4S. The van der Waals surface area contributed by atoms with Gasteiger partial charge in [-0.25, -0.2) is 8.42 Å². The molecule has 0 aliphatic heterocycles. The van der Waals surface area contributed by atoms with Gasteiger partial charge in [0.25, 0.3) is 0 Å². The maximum absolute atomic E-state index is 10.7. The van der Waals surface area contributed by atoms with E-state index in [2.05, 4.69) is 0 Å². The van der Waals surface area contributed by atoms with E-state index in [0.717, 1.165) is 6.08 Å². The second-order valence-corrected chi connectivity index (χ2v) is 3.39. The molecule has 1 aliphatic rings. The van der Waals surface area contributed by atoms with Gasteiger partial charge >= 0.3 is 29.6 Å². The molecule has 0 aromatic heterocycles. The van der Waals surface area contributed by atoms with Crippen molar-refractivity contribution in [3.8, 4) is 0 Å². The fourth-order valence-corrected chi connectivity index (χ4v) is 1.35. The average molecular weight is 196 g/mol. The first-order valence-electron chi connectivity index (χ1n) is 2.88. The standard InChI is InChI=1S/C6H6O4S.Na/c7-5-3-1-2-4-6(5)11(8,9)10;/h1-2,4H,3H2,(H,8,9,10);/q;+1/p-1. The van der Waals surface area contributed by atoms with E-state index in [4.69, 9.17) is 0 Å². The molecule has 0 radical (unpaired) electrons. The van der Waals surface area contributed by atoms with Crippen LogP contribution in [0.3, 0.4) is 0 Å². The van der Waals surface area contributed by atoms with Crippen molar-refractivity contribution in [2.75, 3.05) is 0 Å². The van der Waals surface area contributed by atoms with Crippen LogP contribution in [0.2, 0.25) is 0 Å². The van der Waals surface area contributed by atoms with Gasteiger partial charge in [-0.05, 0) is 6.08 Å². The Morgan fingerprint density at radius 3 is 2.33 bits per heavy atom. The number of hydrogen-bond acceptors (Lipinski definition) is 4. The smallest absolute Gasteiger partial charge is 0.744 e. The Kier molecular flexibility index (Phi) is 4.36. The van der Waals surface area contributed by atoms with Gasteiger partial charge in [0.2, 0.25) is 0 Å². The Morgan fingerprint density at radius 2 is 2.00 bits per heavy atom. The van der Waals surface area contributed by atoms with E-state index < -0.39 is 20.8 Å². The monoisotopic (exact) mass is 196 g/mol. The van der Waals surface area contributed by atoms with Crippen molar-refractivity contribution in [2.45, 2.75) is 6.42 Å². The SMILES string of the molecule is O=C1CC=CC=C1S(=O)(=O)[O-].[Na+]. The van der Waals surface area contributed by atoms with E-state index in [1.54, 1.807) is 0 Å². The molecule has 0 bridgehead atoms. The summed E-state index contributed by atoms with van der Waals surface area (Å²) in [5.74, 6) is -0.637. The number of hydrogen-bond donors (Lipinski definition) is 0. The Balaban J connectivity index is 0.00000121. The van der Waals surface area contributed by atoms with Gasteiger partial charge < -0.3 is 4.55 Å². The van der Waals surface area contributed by atoms with Gasteiger partial charge in [-0.3, -0.25) is 4.79 Å². The van der Waals surface area contributed by atoms with Crippen molar-refractivity contribution in [1.82, 2.24) is 0 Å². The molecule has 4 nitrogen and oxygen atoms in total. The summed E-state index contributed by atoms with van der Waals surface area (Å²) < 4.78 is 31.0. The number of carbonyl (C=O) groups is 1. The van der Waals surface area contributed by atoms with Crippen molar-refractivity contribution >= 4 is 15.9 Å². The summed E-state index contributed by atoms with van der Waals surface area (Å²) in [6.45, 7) is 0. The second kappa shape index (κ2) is 4.34. The molecule has 1 rings (SSSR count). The van der Waals surface area contributed by atoms with E-state index in [0.29, 0.717) is 0 Å². The summed E-state index contributed by atoms with van der Waals surface area (Å²) in [5.41, 5.74) is 0. The minimum Gasteiger partial charge on any atom is -0.744 e. The van der Waals surface area contributed by atoms with E-state index in [9.17, 15) is 17.8 Å². The van der Waals surface area contributed by atoms with Crippen molar-refractivity contribution in [3.05, 3.63) is 23.1 Å². The Bertz CT molecular complexity index is 339. The minimum absolute atomic E-state index is 0. The van der Waals surface area contributed by atoms with Gasteiger partial charge in [0.1, 0.15) is 10.1 Å². The number of Topliss-reactive ketones (excluding diaryl/α,β-unsaturated/α-hetero) is 1. The van der Waals surface area contributed by atoms with Crippen LogP contribution >= 0.6 is 0 Å². The van der Waals surface area contributed by atoms with Gasteiger partial charge in [0.15, 0.2) is 5.78 Å². The maximum Gasteiger partial charge on any atom is 1.00 e. The van der Waals surface area contributed by atoms with Crippen LogP contribution in [0.15, 0.2) is 23.1 Å². The van der Waals surface area contributed by atoms with Crippen LogP contribution in [0, 0.1) is 0 Å². The van der Waals surface area contributed by atoms with Gasteiger partial charge in [0.05, 0.1) is 4.91 Å². The molecule has 0 atom stereocenters. The van der Waals surface area contributed by atoms with Crippen molar-refractivity contribution in [2.24, 2.45) is 0 Å². The van der Waals surface area contributed by atoms with E-state index in [1.807, 2.05) is 0 Å². The van der Waals surface area contributed by atoms with Crippen LogP contribution in [-0.4, -0.2) is 18.8 Å². The molecule has 0 saturated heterocycles. The molecule has 0 fully saturated rings. The number of allylic oxidation sites excluding steroid dienone is 4. The zero-order valence-corrected chi connectivity index (χ0v) is 9.30. The predicted octanol–water partition coefficient (Wildman–Crippen LogP) is -3.05. The number of ketones is 1. The molecule has 0 unspecified atom stereocenters. The molecule has 0 saturated carbocycles. The molecule has 0 aromatic rings. The summed E-state index contributed by atoms with van der Waals surface area (Å²) in [4.78, 5) is 10.1. The second-order valence-electron chi connectivity index (χ2n) is 2.04. The van der Waals surface area contributed by atoms with Gasteiger partial charge in [-0.1, -0.05) is 12.2 Å². The van der Waals surface area contributed by atoms with Crippen molar-refractivity contribution in [3.63, 3.8) is 0 Å². The van der Waals surface area contributed by atoms with Crippen LogP contribution in [0.4, 0.5) is 0 Å². The Morgan fingerprint density at radius 1 is 1.42 bits per heavy atom. The summed E-state index contributed by atoms with van der Waals surface area (Å²) in [5, 5.41) is 0. The molecule has 6 heteroatoms. The van der Waals surface area contributed by atoms with Crippen LogP contribution in [0.1, 0.15) is 6.42 Å². The topological polar surface area (TPSA) is 74.3 Å². The van der Waals surface area contributed by atoms with Crippen LogP contribution in [-0.2, 0) is 14.9 Å². The molecule has 0 amide bonds. The fraction of sp³-hybridized carbons (Fsp3) is 0.167. The molecule has 60 valence electrons. The van der Waals surface area contributed by atoms with Crippen LogP contribution in [0.25, 0.3) is 0 Å². The predicted molar refractivity (Wildman–Crippen MR) is 36.5 cm³/mol. The molecule has 0 aromatic carbocycles. The van der Waals surface area contributed by atoms with Gasteiger partial charge in [0, 0.05) is 6.42 Å². The zero-order valence-electron chi connectivity index (χ0n) is 6.48. The first-order chi connectivity index (χ1) is 5.02. The first kappa shape index (κ1) is 12.1. The normalized spacial score (nSPS) is 16.8. The molecule has 12 heavy (non-hydrogen) atoms. The molecular weight excluding hydrogens is 191 g/mol. The molecule has 1 aliphatic carbocycles. The minimum atomic E-state index is -4.56. The summed E-state index contributed by atoms with van der Waals surface area (Å²) in [6.07, 6.45) is 3.89. The maximum atomic E-state index is 10.7. The zero-order chi connectivity index (χ0) is 8.48. The van der Waals surface area contributed by atoms with Gasteiger partial charge in [-0.15, -0.1) is 0 Å². The summed E-state index contributed by atoms with van der Waals surface area (Å²) >= 11 is 0. The third-order valence-electron chi connectivity index (χ3n) is 1.23. The summed E-state index contributed by atoms with van der Waals surface area (Å²) in [6, 6.07) is 0. The quantitative estimate of drug-likeness (QED) is 0.330. The molecule has 0 spiro atoms. The molecule has 0 N–H and O–H groups in total. The van der Waals surface area contributed by atoms with E-state index in [-0.39, 0.29) is 36.0 Å². The Labute approximate surface area is 92.4 Å². The van der Waals surface area contributed by atoms with E-state index in [1.165, 1.54) is 12.2 Å². The summed E-state index contributed by atoms with van der Waals surface area (Å²) in [7, 11) is -4.56. The average Bonchev–Trinajstić information content (AvgIpc) is 1.86. The number of rotatable bonds is 1. The van der Waals surface area contributed by atoms with Crippen LogP contribution < -0.4 is 29.6 Å². The first-order valence-corrected chi connectivity index (χ1v) is 4.28. The number of carbonyl (C=O) groups excluding carboxylic acids is 1. The largest absolute Gasteiger partial charge is 1.00 e. The fourth-order valence-electron chi connectivity index (χ4n) is 0.747. The Hall–Kier alpha value is 0.0600. The van der Waals surface area contributed by atoms with Crippen LogP contribution in [0.5, 0.6) is 0 Å². The van der Waals surface area contributed by atoms with E-state index >= 15 is 0 Å². The third kappa shape index (κ3) is 2.84. The van der Waals surface area contributed by atoms with Crippen molar-refractivity contribution in [1.29, 1.82) is 0 Å². The van der Waals surface area contributed by atoms with Crippen molar-refractivity contribution < 1.29 is 47.3 Å².